The van der Waals surface area contributed by atoms with Gasteiger partial charge in [-0.1, -0.05) is 19.7 Å². The van der Waals surface area contributed by atoms with Gasteiger partial charge in [0.2, 0.25) is 5.91 Å². The van der Waals surface area contributed by atoms with Gasteiger partial charge in [-0.25, -0.2) is 0 Å². The molecule has 0 bridgehead atoms. The number of carboxylic acid groups (broad SMARTS) is 2. The first-order chi connectivity index (χ1) is 6.81. The monoisotopic (exact) mass is 237 g/mol. The molecule has 84 valence electrons. The van der Waals surface area contributed by atoms with Crippen LogP contribution in [0.5, 0.6) is 0 Å². The molecule has 0 aromatic rings. The number of primary amides is 1. The fourth-order valence-corrected chi connectivity index (χ4v) is 0. The summed E-state index contributed by atoms with van der Waals surface area (Å²) in [5.74, 6) is -2.94. The molecule has 6 nitrogen and oxygen atoms in total. The summed E-state index contributed by atoms with van der Waals surface area (Å²) in [4.78, 5) is 27.8. The van der Waals surface area contributed by atoms with Crippen molar-refractivity contribution in [3.8, 4) is 0 Å². The van der Waals surface area contributed by atoms with E-state index >= 15 is 0 Å². The van der Waals surface area contributed by atoms with Gasteiger partial charge in [-0.2, -0.15) is 0 Å². The first kappa shape index (κ1) is 23.9. The van der Waals surface area contributed by atoms with Crippen molar-refractivity contribution in [1.29, 1.82) is 0 Å². The Labute approximate surface area is 109 Å². The number of rotatable bonds is 3. The third-order valence-corrected chi connectivity index (χ3v) is 0.535. The van der Waals surface area contributed by atoms with Crippen LogP contribution in [0.4, 0.5) is 0 Å². The van der Waals surface area contributed by atoms with E-state index in [1.54, 1.807) is 0 Å². The Balaban J connectivity index is -0.0000000655. The molecule has 0 radical (unpaired) electrons. The van der Waals surface area contributed by atoms with Gasteiger partial charge in [0.1, 0.15) is 0 Å². The van der Waals surface area contributed by atoms with Crippen molar-refractivity contribution in [2.75, 3.05) is 0 Å². The second-order valence-electron chi connectivity index (χ2n) is 1.65. The van der Waals surface area contributed by atoms with Gasteiger partial charge in [0, 0.05) is 0 Å². The average Bonchev–Trinajstić information content (AvgIpc) is 2.19. The Bertz CT molecular complexity index is 220. The third-order valence-electron chi connectivity index (χ3n) is 0.535. The summed E-state index contributed by atoms with van der Waals surface area (Å²) in [5, 5.41) is 18.3. The summed E-state index contributed by atoms with van der Waals surface area (Å²) in [5.41, 5.74) is 4.53. The summed E-state index contributed by atoms with van der Waals surface area (Å²) in [6, 6.07) is 0. The summed E-state index contributed by atoms with van der Waals surface area (Å²) in [6.07, 6.45) is 2.50. The summed E-state index contributed by atoms with van der Waals surface area (Å²) in [7, 11) is 0. The molecule has 2 N–H and O–H groups in total. The second-order valence-corrected chi connectivity index (χ2v) is 1.65. The maximum Gasteiger partial charge on any atom is 2.00 e. The minimum atomic E-state index is -1.23. The maximum atomic E-state index is 9.47. The van der Waals surface area contributed by atoms with E-state index in [4.69, 9.17) is 19.8 Å². The third kappa shape index (κ3) is 83.3. The summed E-state index contributed by atoms with van der Waals surface area (Å²) < 4.78 is 0. The molecular formula is C9H11MgNO5. The van der Waals surface area contributed by atoms with Gasteiger partial charge < -0.3 is 25.5 Å². The normalized spacial score (nSPS) is 6.00. The number of carbonyl (C=O) groups is 3. The van der Waals surface area contributed by atoms with Crippen molar-refractivity contribution >= 4 is 40.9 Å². The van der Waals surface area contributed by atoms with Crippen molar-refractivity contribution < 1.29 is 24.6 Å². The molecule has 0 rings (SSSR count). The zero-order chi connectivity index (χ0) is 12.9. The second kappa shape index (κ2) is 19.0. The van der Waals surface area contributed by atoms with E-state index < -0.39 is 17.8 Å². The predicted molar refractivity (Wildman–Crippen MR) is 55.6 cm³/mol. The van der Waals surface area contributed by atoms with Crippen LogP contribution in [0.3, 0.4) is 0 Å². The van der Waals surface area contributed by atoms with Crippen LogP contribution in [-0.4, -0.2) is 40.9 Å². The van der Waals surface area contributed by atoms with Crippen LogP contribution in [0.1, 0.15) is 0 Å². The molecule has 16 heavy (non-hydrogen) atoms. The van der Waals surface area contributed by atoms with E-state index in [1.165, 1.54) is 0 Å². The minimum absolute atomic E-state index is 0. The van der Waals surface area contributed by atoms with E-state index in [0.717, 1.165) is 18.2 Å². The number of carbonyl (C=O) groups excluding carboxylic acids is 3. The fourth-order valence-electron chi connectivity index (χ4n) is 0. The zero-order valence-electron chi connectivity index (χ0n) is 8.68. The average molecular weight is 237 g/mol. The Morgan fingerprint density at radius 1 is 0.875 bits per heavy atom. The Morgan fingerprint density at radius 3 is 1.00 bits per heavy atom. The minimum Gasteiger partial charge on any atom is -0.545 e. The van der Waals surface area contributed by atoms with Crippen LogP contribution in [-0.2, 0) is 14.4 Å². The van der Waals surface area contributed by atoms with E-state index in [0.29, 0.717) is 0 Å². The Morgan fingerprint density at radius 2 is 1.00 bits per heavy atom. The fraction of sp³-hybridized carbons (Fsp3) is 0. The van der Waals surface area contributed by atoms with Gasteiger partial charge in [0.15, 0.2) is 0 Å². The first-order valence-electron chi connectivity index (χ1n) is 3.40. The van der Waals surface area contributed by atoms with Gasteiger partial charge in [0.05, 0.1) is 11.9 Å². The summed E-state index contributed by atoms with van der Waals surface area (Å²) in [6.45, 7) is 8.88. The van der Waals surface area contributed by atoms with Gasteiger partial charge in [0.25, 0.3) is 0 Å². The topological polar surface area (TPSA) is 123 Å². The number of nitrogens with two attached hydrogens (primary N) is 1. The molecule has 0 aromatic carbocycles. The number of aliphatic carboxylic acids is 2. The van der Waals surface area contributed by atoms with Crippen LogP contribution in [0.15, 0.2) is 38.0 Å². The molecule has 0 heterocycles. The zero-order valence-corrected chi connectivity index (χ0v) is 10.1. The molecule has 0 saturated heterocycles. The molecule has 0 saturated carbocycles. The number of amides is 1. The molecule has 0 atom stereocenters. The quantitative estimate of drug-likeness (QED) is 0.417. The van der Waals surface area contributed by atoms with E-state index in [2.05, 4.69) is 25.5 Å². The molecular weight excluding hydrogens is 226 g/mol. The molecule has 0 aromatic heterocycles. The van der Waals surface area contributed by atoms with Crippen molar-refractivity contribution in [2.24, 2.45) is 5.73 Å². The molecule has 0 aliphatic rings. The smallest absolute Gasteiger partial charge is 0.545 e. The van der Waals surface area contributed by atoms with E-state index in [-0.39, 0.29) is 23.1 Å². The first-order valence-corrected chi connectivity index (χ1v) is 3.40. The van der Waals surface area contributed by atoms with Gasteiger partial charge in [-0.15, -0.1) is 0 Å². The van der Waals surface area contributed by atoms with Crippen molar-refractivity contribution in [3.63, 3.8) is 0 Å². The number of hydrogen-bond acceptors (Lipinski definition) is 5. The van der Waals surface area contributed by atoms with Crippen LogP contribution >= 0.6 is 0 Å². The molecule has 0 spiro atoms. The summed E-state index contributed by atoms with van der Waals surface area (Å²) >= 11 is 0. The Hall–Kier alpha value is -1.60. The predicted octanol–water partition coefficient (Wildman–Crippen LogP) is -2.88. The largest absolute Gasteiger partial charge is 2.00 e. The van der Waals surface area contributed by atoms with Gasteiger partial charge in [-0.05, 0) is 18.2 Å². The van der Waals surface area contributed by atoms with Gasteiger partial charge in [-0.3, -0.25) is 4.79 Å². The van der Waals surface area contributed by atoms with Crippen molar-refractivity contribution in [3.05, 3.63) is 38.0 Å². The van der Waals surface area contributed by atoms with Crippen molar-refractivity contribution in [1.82, 2.24) is 0 Å². The molecule has 0 aliphatic heterocycles. The molecule has 0 aliphatic carbocycles. The van der Waals surface area contributed by atoms with Crippen LogP contribution < -0.4 is 15.9 Å². The van der Waals surface area contributed by atoms with E-state index in [9.17, 15) is 4.79 Å². The van der Waals surface area contributed by atoms with Crippen LogP contribution in [0.25, 0.3) is 0 Å². The maximum absolute atomic E-state index is 9.47. The van der Waals surface area contributed by atoms with Gasteiger partial charge >= 0.3 is 23.1 Å². The Kier molecular flexibility index (Phi) is 28.5. The SMILES string of the molecule is C=CC(=O)[O-].C=CC(=O)[O-].C=CC(N)=O.[Mg+2]. The standard InChI is InChI=1S/C3H5NO.2C3H4O2.Mg/c3*1-2-3(4)5;/h2H,1H2,(H2,4,5);2*2H,1H2,(H,4,5);/q;;;+2/p-2. The molecule has 0 unspecified atom stereocenters. The van der Waals surface area contributed by atoms with E-state index in [1.807, 2.05) is 0 Å². The number of hydrogen-bond donors (Lipinski definition) is 1. The number of carboxylic acids is 2. The van der Waals surface area contributed by atoms with Crippen molar-refractivity contribution in [2.45, 2.75) is 0 Å². The van der Waals surface area contributed by atoms with Crippen LogP contribution in [0, 0.1) is 0 Å². The van der Waals surface area contributed by atoms with Crippen LogP contribution in [0.2, 0.25) is 0 Å². The molecule has 0 fully saturated rings. The molecule has 1 amide bonds. The molecule has 7 heteroatoms.